The lowest BCUT2D eigenvalue weighted by Gasteiger charge is -2.07. The first-order chi connectivity index (χ1) is 8.69. The molecule has 0 N–H and O–H groups in total. The van der Waals surface area contributed by atoms with Crippen LogP contribution in [0.25, 0.3) is 0 Å². The van der Waals surface area contributed by atoms with E-state index < -0.39 is 0 Å². The third-order valence-electron chi connectivity index (χ3n) is 2.37. The molecule has 0 amide bonds. The van der Waals surface area contributed by atoms with Gasteiger partial charge in [-0.25, -0.2) is 4.39 Å². The summed E-state index contributed by atoms with van der Waals surface area (Å²) in [6, 6.07) is 13.7. The van der Waals surface area contributed by atoms with Crippen molar-refractivity contribution in [2.24, 2.45) is 0 Å². The number of hydrogen-bond donors (Lipinski definition) is 0. The number of halogens is 2. The highest BCUT2D eigenvalue weighted by molar-refractivity contribution is 14.1. The predicted molar refractivity (Wildman–Crippen MR) is 74.6 cm³/mol. The number of hydrogen-bond acceptors (Lipinski definition) is 2. The monoisotopic (exact) mass is 353 g/mol. The van der Waals surface area contributed by atoms with Gasteiger partial charge in [-0.2, -0.15) is 5.26 Å². The van der Waals surface area contributed by atoms with Gasteiger partial charge < -0.3 is 4.74 Å². The van der Waals surface area contributed by atoms with Gasteiger partial charge in [0.1, 0.15) is 18.2 Å². The number of benzene rings is 2. The average molecular weight is 353 g/mol. The van der Waals surface area contributed by atoms with E-state index in [0.717, 1.165) is 3.57 Å². The van der Waals surface area contributed by atoms with Crippen molar-refractivity contribution < 1.29 is 9.13 Å². The summed E-state index contributed by atoms with van der Waals surface area (Å²) in [5.41, 5.74) is 0.811. The highest BCUT2D eigenvalue weighted by Crippen LogP contribution is 2.18. The van der Waals surface area contributed by atoms with E-state index in [1.165, 1.54) is 18.2 Å². The van der Waals surface area contributed by atoms with E-state index in [1.54, 1.807) is 0 Å². The van der Waals surface area contributed by atoms with Crippen LogP contribution in [0.4, 0.5) is 4.39 Å². The quantitative estimate of drug-likeness (QED) is 0.785. The van der Waals surface area contributed by atoms with Crippen LogP contribution in [0, 0.1) is 20.7 Å². The molecule has 0 radical (unpaired) electrons. The lowest BCUT2D eigenvalue weighted by Crippen LogP contribution is -1.99. The fourth-order valence-corrected chi connectivity index (χ4v) is 1.99. The van der Waals surface area contributed by atoms with E-state index in [-0.39, 0.29) is 12.4 Å². The molecule has 0 atom stereocenters. The summed E-state index contributed by atoms with van der Waals surface area (Å²) in [4.78, 5) is 0. The fourth-order valence-electron chi connectivity index (χ4n) is 1.47. The molecule has 2 rings (SSSR count). The number of ether oxygens (including phenoxy) is 1. The number of rotatable bonds is 3. The number of nitriles is 1. The second kappa shape index (κ2) is 5.83. The SMILES string of the molecule is N#Cc1ccc(F)c(COc2cccc(I)c2)c1. The van der Waals surface area contributed by atoms with Crippen molar-refractivity contribution in [1.82, 2.24) is 0 Å². The first kappa shape index (κ1) is 12.8. The van der Waals surface area contributed by atoms with Gasteiger partial charge in [-0.15, -0.1) is 0 Å². The minimum absolute atomic E-state index is 0.113. The maximum atomic E-state index is 13.5. The Bertz CT molecular complexity index is 607. The zero-order chi connectivity index (χ0) is 13.0. The van der Waals surface area contributed by atoms with Gasteiger partial charge in [0, 0.05) is 9.13 Å². The molecule has 0 fully saturated rings. The highest BCUT2D eigenvalue weighted by atomic mass is 127. The zero-order valence-corrected chi connectivity index (χ0v) is 11.5. The van der Waals surface area contributed by atoms with E-state index in [4.69, 9.17) is 10.00 Å². The van der Waals surface area contributed by atoms with Gasteiger partial charge in [0.05, 0.1) is 11.6 Å². The molecule has 90 valence electrons. The molecule has 18 heavy (non-hydrogen) atoms. The standard InChI is InChI=1S/C14H9FINO/c15-14-5-4-10(8-17)6-11(14)9-18-13-3-1-2-12(16)7-13/h1-7H,9H2. The molecule has 0 unspecified atom stereocenters. The molecule has 0 aliphatic carbocycles. The van der Waals surface area contributed by atoms with Gasteiger partial charge in [0.25, 0.3) is 0 Å². The summed E-state index contributed by atoms with van der Waals surface area (Å²) in [6.45, 7) is 0.113. The lowest BCUT2D eigenvalue weighted by atomic mass is 10.1. The Morgan fingerprint density at radius 3 is 2.78 bits per heavy atom. The molecule has 0 aromatic heterocycles. The van der Waals surface area contributed by atoms with Crippen molar-refractivity contribution in [3.05, 3.63) is 63.0 Å². The Morgan fingerprint density at radius 2 is 2.06 bits per heavy atom. The Morgan fingerprint density at radius 1 is 1.22 bits per heavy atom. The minimum atomic E-state index is -0.361. The summed E-state index contributed by atoms with van der Waals surface area (Å²) in [5, 5.41) is 8.76. The van der Waals surface area contributed by atoms with Crippen LogP contribution in [0.1, 0.15) is 11.1 Å². The highest BCUT2D eigenvalue weighted by Gasteiger charge is 2.05. The van der Waals surface area contributed by atoms with Crippen LogP contribution in [0.2, 0.25) is 0 Å². The van der Waals surface area contributed by atoms with Crippen molar-refractivity contribution in [2.45, 2.75) is 6.61 Å². The lowest BCUT2D eigenvalue weighted by molar-refractivity contribution is 0.299. The van der Waals surface area contributed by atoms with E-state index in [2.05, 4.69) is 22.6 Å². The van der Waals surface area contributed by atoms with Crippen molar-refractivity contribution in [1.29, 1.82) is 5.26 Å². The van der Waals surface area contributed by atoms with Gasteiger partial charge in [-0.1, -0.05) is 6.07 Å². The van der Waals surface area contributed by atoms with Crippen LogP contribution in [0.5, 0.6) is 5.75 Å². The van der Waals surface area contributed by atoms with E-state index in [0.29, 0.717) is 16.9 Å². The third-order valence-corrected chi connectivity index (χ3v) is 3.04. The summed E-state index contributed by atoms with van der Waals surface area (Å²) in [6.07, 6.45) is 0. The number of nitrogens with zero attached hydrogens (tertiary/aromatic N) is 1. The van der Waals surface area contributed by atoms with Crippen LogP contribution >= 0.6 is 22.6 Å². The van der Waals surface area contributed by atoms with E-state index in [9.17, 15) is 4.39 Å². The van der Waals surface area contributed by atoms with Gasteiger partial charge in [-0.3, -0.25) is 0 Å². The van der Waals surface area contributed by atoms with Crippen molar-refractivity contribution in [3.8, 4) is 11.8 Å². The largest absolute Gasteiger partial charge is 0.489 e. The molecular weight excluding hydrogens is 344 g/mol. The molecule has 2 nitrogen and oxygen atoms in total. The first-order valence-corrected chi connectivity index (χ1v) is 6.34. The zero-order valence-electron chi connectivity index (χ0n) is 9.36. The maximum absolute atomic E-state index is 13.5. The van der Waals surface area contributed by atoms with Crippen LogP contribution in [-0.4, -0.2) is 0 Å². The average Bonchev–Trinajstić information content (AvgIpc) is 2.38. The fraction of sp³-hybridized carbons (Fsp3) is 0.0714. The molecule has 0 saturated carbocycles. The molecule has 0 spiro atoms. The first-order valence-electron chi connectivity index (χ1n) is 5.26. The molecule has 2 aromatic carbocycles. The Labute approximate surface area is 118 Å². The van der Waals surface area contributed by atoms with Crippen molar-refractivity contribution in [2.75, 3.05) is 0 Å². The molecule has 0 aliphatic rings. The van der Waals surface area contributed by atoms with E-state index in [1.807, 2.05) is 30.3 Å². The normalized spacial score (nSPS) is 9.83. The third kappa shape index (κ3) is 3.20. The van der Waals surface area contributed by atoms with Crippen molar-refractivity contribution >= 4 is 22.6 Å². The van der Waals surface area contributed by atoms with Crippen LogP contribution < -0.4 is 4.74 Å². The molecule has 0 aliphatic heterocycles. The summed E-state index contributed by atoms with van der Waals surface area (Å²) < 4.78 is 20.0. The molecule has 0 heterocycles. The molecule has 0 bridgehead atoms. The van der Waals surface area contributed by atoms with Crippen LogP contribution in [-0.2, 0) is 6.61 Å². The Hall–Kier alpha value is -1.61. The predicted octanol–water partition coefficient (Wildman–Crippen LogP) is 3.88. The molecule has 4 heteroatoms. The molecule has 0 saturated heterocycles. The minimum Gasteiger partial charge on any atom is -0.489 e. The second-order valence-corrected chi connectivity index (χ2v) is 4.91. The van der Waals surface area contributed by atoms with Gasteiger partial charge in [0.2, 0.25) is 0 Å². The second-order valence-electron chi connectivity index (χ2n) is 3.66. The van der Waals surface area contributed by atoms with Gasteiger partial charge in [-0.05, 0) is 59.0 Å². The van der Waals surface area contributed by atoms with Gasteiger partial charge in [0.15, 0.2) is 0 Å². The Kier molecular flexibility index (Phi) is 4.15. The van der Waals surface area contributed by atoms with Crippen LogP contribution in [0.3, 0.4) is 0 Å². The molecular formula is C14H9FINO. The smallest absolute Gasteiger partial charge is 0.129 e. The Balaban J connectivity index is 2.13. The van der Waals surface area contributed by atoms with Crippen LogP contribution in [0.15, 0.2) is 42.5 Å². The van der Waals surface area contributed by atoms with Gasteiger partial charge >= 0.3 is 0 Å². The van der Waals surface area contributed by atoms with E-state index >= 15 is 0 Å². The maximum Gasteiger partial charge on any atom is 0.129 e. The summed E-state index contributed by atoms with van der Waals surface area (Å²) in [7, 11) is 0. The molecule has 2 aromatic rings. The summed E-state index contributed by atoms with van der Waals surface area (Å²) >= 11 is 2.18. The topological polar surface area (TPSA) is 33.0 Å². The summed E-state index contributed by atoms with van der Waals surface area (Å²) in [5.74, 6) is 0.322. The van der Waals surface area contributed by atoms with Crippen molar-refractivity contribution in [3.63, 3.8) is 0 Å².